The Morgan fingerprint density at radius 2 is 1.75 bits per heavy atom. The molecule has 1 atom stereocenters. The Hall–Kier alpha value is 0.460. The second-order valence-electron chi connectivity index (χ2n) is 1.35. The van der Waals surface area contributed by atoms with E-state index in [0.29, 0.717) is 0 Å². The molecule has 0 aromatic rings. The molecule has 0 spiro atoms. The third-order valence-electron chi connectivity index (χ3n) is 0.557. The van der Waals surface area contributed by atoms with Gasteiger partial charge in [0.25, 0.3) is 0 Å². The lowest BCUT2D eigenvalue weighted by atomic mass is 10.4. The highest BCUT2D eigenvalue weighted by Gasteiger charge is 2.23. The van der Waals surface area contributed by atoms with Crippen molar-refractivity contribution < 1.29 is 10.6 Å². The lowest BCUT2D eigenvalue weighted by Crippen LogP contribution is -2.37. The first-order valence-electron chi connectivity index (χ1n) is 1.79. The maximum Gasteiger partial charge on any atom is 0.192 e. The van der Waals surface area contributed by atoms with E-state index in [-0.39, 0.29) is 5.48 Å². The zero-order valence-corrected chi connectivity index (χ0v) is 5.87. The fourth-order valence-corrected chi connectivity index (χ4v) is 0. The number of aliphatic hydroxyl groups is 1. The number of halogens is 2. The van der Waals surface area contributed by atoms with Crippen molar-refractivity contribution in [1.82, 2.24) is 0 Å². The number of hydrogen-bond donors (Lipinski definition) is 2. The molecule has 0 saturated heterocycles. The van der Waals surface area contributed by atoms with Crippen LogP contribution in [0.25, 0.3) is 0 Å². The van der Waals surface area contributed by atoms with Gasteiger partial charge in [-0.25, -0.2) is 0 Å². The summed E-state index contributed by atoms with van der Waals surface area (Å²) < 4.78 is -1.50. The van der Waals surface area contributed by atoms with E-state index in [9.17, 15) is 0 Å². The normalized spacial score (nSPS) is 14.6. The summed E-state index contributed by atoms with van der Waals surface area (Å²) in [5.41, 5.74) is 4.96. The Bertz CT molecular complexity index is 60.8. The molecule has 0 aliphatic heterocycles. The van der Waals surface area contributed by atoms with E-state index in [1.54, 1.807) is 0 Å². The second-order valence-corrected chi connectivity index (χ2v) is 2.79. The molecule has 8 heavy (non-hydrogen) atoms. The molecule has 3 nitrogen and oxygen atoms in total. The summed E-state index contributed by atoms with van der Waals surface area (Å²) in [4.78, 5) is 0. The van der Waals surface area contributed by atoms with Gasteiger partial charge in [-0.15, -0.1) is 0 Å². The molecule has 5 N–H and O–H groups in total. The Morgan fingerprint density at radius 3 is 1.75 bits per heavy atom. The van der Waals surface area contributed by atoms with Crippen LogP contribution in [-0.4, -0.2) is 21.1 Å². The highest BCUT2D eigenvalue weighted by atomic mass is 35.5. The van der Waals surface area contributed by atoms with E-state index in [1.165, 1.54) is 6.92 Å². The van der Waals surface area contributed by atoms with Gasteiger partial charge >= 0.3 is 0 Å². The van der Waals surface area contributed by atoms with Gasteiger partial charge in [0.1, 0.15) is 0 Å². The highest BCUT2D eigenvalue weighted by molar-refractivity contribution is 6.48. The average Bonchev–Trinajstić information content (AvgIpc) is 1.31. The summed E-state index contributed by atoms with van der Waals surface area (Å²) in [7, 11) is 0. The third-order valence-corrected chi connectivity index (χ3v) is 1.19. The summed E-state index contributed by atoms with van der Waals surface area (Å²) in [5.74, 6) is 0. The van der Waals surface area contributed by atoms with E-state index < -0.39 is 10.6 Å². The maximum absolute atomic E-state index is 8.50. The van der Waals surface area contributed by atoms with Crippen LogP contribution in [-0.2, 0) is 0 Å². The van der Waals surface area contributed by atoms with Crippen LogP contribution in [0.2, 0.25) is 0 Å². The first kappa shape index (κ1) is 11.3. The van der Waals surface area contributed by atoms with Gasteiger partial charge in [0, 0.05) is 0 Å². The summed E-state index contributed by atoms with van der Waals surface area (Å²) in [6, 6.07) is 0. The van der Waals surface area contributed by atoms with Gasteiger partial charge in [-0.2, -0.15) is 0 Å². The van der Waals surface area contributed by atoms with Crippen molar-refractivity contribution >= 4 is 23.2 Å². The molecule has 0 aromatic carbocycles. The predicted molar refractivity (Wildman–Crippen MR) is 33.9 cm³/mol. The van der Waals surface area contributed by atoms with Crippen molar-refractivity contribution in [2.24, 2.45) is 5.73 Å². The van der Waals surface area contributed by atoms with E-state index in [1.807, 2.05) is 0 Å². The number of aliphatic hydroxyl groups excluding tert-OH is 1. The molecule has 0 bridgehead atoms. The molecule has 0 heterocycles. The van der Waals surface area contributed by atoms with Crippen molar-refractivity contribution in [1.29, 1.82) is 0 Å². The molecular formula is C3H9Cl2NO2. The predicted octanol–water partition coefficient (Wildman–Crippen LogP) is -0.367. The van der Waals surface area contributed by atoms with E-state index >= 15 is 0 Å². The van der Waals surface area contributed by atoms with E-state index in [2.05, 4.69) is 0 Å². The summed E-state index contributed by atoms with van der Waals surface area (Å²) in [6.07, 6.45) is -0.893. The standard InChI is InChI=1S/C3H7Cl2NO.H2O/c1-2(7)3(4,5)6;/h2,7H,6H2,1H3;1H2. The molecule has 52 valence electrons. The quantitative estimate of drug-likeness (QED) is 0.407. The first-order valence-corrected chi connectivity index (χ1v) is 2.55. The molecule has 0 rings (SSSR count). The van der Waals surface area contributed by atoms with Gasteiger partial charge in [0.2, 0.25) is 0 Å². The smallest absolute Gasteiger partial charge is 0.192 e. The van der Waals surface area contributed by atoms with Crippen LogP contribution in [0.5, 0.6) is 0 Å². The number of rotatable bonds is 1. The zero-order valence-electron chi connectivity index (χ0n) is 4.36. The molecule has 0 fully saturated rings. The van der Waals surface area contributed by atoms with Crippen molar-refractivity contribution in [3.05, 3.63) is 0 Å². The van der Waals surface area contributed by atoms with Gasteiger partial charge in [-0.3, -0.25) is 5.73 Å². The number of nitrogens with two attached hydrogens (primary N) is 1. The highest BCUT2D eigenvalue weighted by Crippen LogP contribution is 2.16. The van der Waals surface area contributed by atoms with Gasteiger partial charge in [0.15, 0.2) is 4.46 Å². The van der Waals surface area contributed by atoms with Crippen LogP contribution in [0.4, 0.5) is 0 Å². The van der Waals surface area contributed by atoms with Crippen LogP contribution in [0.3, 0.4) is 0 Å². The minimum absolute atomic E-state index is 0. The Balaban J connectivity index is 0. The number of alkyl halides is 2. The van der Waals surface area contributed by atoms with Gasteiger partial charge in [-0.05, 0) is 6.92 Å². The van der Waals surface area contributed by atoms with E-state index in [0.717, 1.165) is 0 Å². The fourth-order valence-electron chi connectivity index (χ4n) is 0. The maximum atomic E-state index is 8.50. The Labute approximate surface area is 57.7 Å². The second kappa shape index (κ2) is 3.48. The molecule has 0 radical (unpaired) electrons. The lowest BCUT2D eigenvalue weighted by molar-refractivity contribution is 0.177. The van der Waals surface area contributed by atoms with Crippen molar-refractivity contribution in [2.75, 3.05) is 0 Å². The zero-order chi connectivity index (χ0) is 6.08. The van der Waals surface area contributed by atoms with Crippen molar-refractivity contribution in [3.8, 4) is 0 Å². The third kappa shape index (κ3) is 4.61. The van der Waals surface area contributed by atoms with Crippen LogP contribution in [0.1, 0.15) is 6.92 Å². The molecule has 0 amide bonds. The van der Waals surface area contributed by atoms with Gasteiger partial charge < -0.3 is 10.6 Å². The SMILES string of the molecule is CC(O)C(N)(Cl)Cl.O. The van der Waals surface area contributed by atoms with Crippen LogP contribution >= 0.6 is 23.2 Å². The average molecular weight is 162 g/mol. The Kier molecular flexibility index (Phi) is 4.91. The molecule has 0 aromatic heterocycles. The minimum Gasteiger partial charge on any atom is -0.412 e. The molecule has 1 unspecified atom stereocenters. The number of hydrogen-bond acceptors (Lipinski definition) is 2. The molecule has 0 aliphatic carbocycles. The summed E-state index contributed by atoms with van der Waals surface area (Å²) in [5, 5.41) is 8.50. The van der Waals surface area contributed by atoms with Crippen molar-refractivity contribution in [3.63, 3.8) is 0 Å². The van der Waals surface area contributed by atoms with Crippen LogP contribution in [0.15, 0.2) is 0 Å². The first-order chi connectivity index (χ1) is 2.94. The minimum atomic E-state index is -1.50. The van der Waals surface area contributed by atoms with Crippen LogP contribution < -0.4 is 5.73 Å². The largest absolute Gasteiger partial charge is 0.412 e. The molecular weight excluding hydrogens is 153 g/mol. The van der Waals surface area contributed by atoms with Gasteiger partial charge in [-0.1, -0.05) is 23.2 Å². The molecule has 0 saturated carbocycles. The lowest BCUT2D eigenvalue weighted by Gasteiger charge is -2.15. The molecule has 5 heteroatoms. The molecule has 0 aliphatic rings. The van der Waals surface area contributed by atoms with E-state index in [4.69, 9.17) is 34.0 Å². The van der Waals surface area contributed by atoms with Crippen LogP contribution in [0, 0.1) is 0 Å². The van der Waals surface area contributed by atoms with Crippen molar-refractivity contribution in [2.45, 2.75) is 17.5 Å². The summed E-state index contributed by atoms with van der Waals surface area (Å²) in [6.45, 7) is 1.42. The van der Waals surface area contributed by atoms with Gasteiger partial charge in [0.05, 0.1) is 6.10 Å². The summed E-state index contributed by atoms with van der Waals surface area (Å²) >= 11 is 10.3. The monoisotopic (exact) mass is 161 g/mol. The Morgan fingerprint density at radius 1 is 1.62 bits per heavy atom. The topological polar surface area (TPSA) is 77.8 Å². The fraction of sp³-hybridized carbons (Fsp3) is 1.00.